The molecule has 2 atom stereocenters. The van der Waals surface area contributed by atoms with Gasteiger partial charge in [0.25, 0.3) is 17.8 Å². The standard InChI is InChI=1S/C22H28N4O5.C18H21N3O3.C2H4O2/c1-12-20(27)24-23-19-11-29-18-7-15(13-5-6-13)17(8-16(18)26(12)19)30-14-9-25(10-14)21(28)31-22(2,3)4;1-10-18(22)20-19-17-9-23-16-7-13(11-5-6-11)15(8-14(16)21(10)17)24-12-3-2-4-12;1-2(3)4/h7-8,12-14H,5-6,9-11H2,1-4H3,(H,24,27);7-8,10-12H,2-6,9H2,1H3,(H,20,22);1H3,(H,3,4). The van der Waals surface area contributed by atoms with Crippen LogP contribution in [0.1, 0.15) is 109 Å². The van der Waals surface area contributed by atoms with E-state index in [0.717, 1.165) is 78.4 Å². The molecular formula is C42H53N7O10. The van der Waals surface area contributed by atoms with Crippen LogP contribution in [0, 0.1) is 0 Å². The number of hydrazone groups is 2. The monoisotopic (exact) mass is 815 g/mol. The largest absolute Gasteiger partial charge is 0.490 e. The average Bonchev–Trinajstić information content (AvgIpc) is 4.07. The summed E-state index contributed by atoms with van der Waals surface area (Å²) in [6.45, 7) is 12.1. The second-order valence-electron chi connectivity index (χ2n) is 17.3. The maximum Gasteiger partial charge on any atom is 0.410 e. The lowest BCUT2D eigenvalue weighted by Crippen LogP contribution is -2.57. The van der Waals surface area contributed by atoms with Gasteiger partial charge in [0.15, 0.2) is 11.7 Å². The van der Waals surface area contributed by atoms with Crippen molar-refractivity contribution in [3.63, 3.8) is 0 Å². The van der Waals surface area contributed by atoms with Crippen LogP contribution in [-0.2, 0) is 19.1 Å². The zero-order chi connectivity index (χ0) is 41.7. The van der Waals surface area contributed by atoms with Crippen molar-refractivity contribution < 1.29 is 48.0 Å². The molecule has 17 heteroatoms. The Labute approximate surface area is 343 Å². The third kappa shape index (κ3) is 8.69. The molecule has 5 heterocycles. The van der Waals surface area contributed by atoms with E-state index in [1.807, 2.05) is 56.6 Å². The normalized spacial score (nSPS) is 23.0. The molecule has 1 saturated heterocycles. The Hall–Kier alpha value is -5.74. The number of benzene rings is 2. The first kappa shape index (κ1) is 40.1. The molecule has 3 amide bonds. The topological polar surface area (TPSA) is 193 Å². The molecule has 3 aliphatic carbocycles. The van der Waals surface area contributed by atoms with Crippen molar-refractivity contribution in [2.75, 3.05) is 36.1 Å². The van der Waals surface area contributed by atoms with Crippen LogP contribution < -0.4 is 39.6 Å². The van der Waals surface area contributed by atoms with E-state index in [2.05, 4.69) is 33.2 Å². The van der Waals surface area contributed by atoms with Crippen molar-refractivity contribution in [3.05, 3.63) is 35.4 Å². The molecule has 2 aromatic carbocycles. The first-order chi connectivity index (χ1) is 28.1. The molecular weight excluding hydrogens is 763 g/mol. The number of rotatable bonds is 6. The number of nitrogens with zero attached hydrogens (tertiary/aromatic N) is 5. The van der Waals surface area contributed by atoms with Crippen LogP contribution in [-0.4, -0.2) is 102 Å². The fourth-order valence-corrected chi connectivity index (χ4v) is 7.60. The predicted molar refractivity (Wildman–Crippen MR) is 217 cm³/mol. The molecule has 0 radical (unpaired) electrons. The number of aliphatic carboxylic acids is 1. The Morgan fingerprint density at radius 2 is 1.19 bits per heavy atom. The number of carbonyl (C=O) groups is 4. The van der Waals surface area contributed by atoms with Crippen LogP contribution in [0.25, 0.3) is 0 Å². The average molecular weight is 816 g/mol. The molecule has 5 aliphatic heterocycles. The Morgan fingerprint density at radius 3 is 1.58 bits per heavy atom. The lowest BCUT2D eigenvalue weighted by atomic mass is 9.96. The molecule has 17 nitrogen and oxygen atoms in total. The number of amidine groups is 2. The summed E-state index contributed by atoms with van der Waals surface area (Å²) in [6.07, 6.45) is 8.12. The molecule has 316 valence electrons. The summed E-state index contributed by atoms with van der Waals surface area (Å²) in [5, 5.41) is 15.7. The smallest absolute Gasteiger partial charge is 0.410 e. The Kier molecular flexibility index (Phi) is 10.7. The van der Waals surface area contributed by atoms with Crippen molar-refractivity contribution in [2.45, 2.75) is 128 Å². The number of amides is 3. The lowest BCUT2D eigenvalue weighted by Gasteiger charge is -2.41. The summed E-state index contributed by atoms with van der Waals surface area (Å²) < 4.78 is 29.9. The quantitative estimate of drug-likeness (QED) is 0.345. The summed E-state index contributed by atoms with van der Waals surface area (Å²) in [6, 6.07) is 7.50. The summed E-state index contributed by atoms with van der Waals surface area (Å²) in [7, 11) is 0. The van der Waals surface area contributed by atoms with E-state index in [9.17, 15) is 14.4 Å². The van der Waals surface area contributed by atoms with E-state index < -0.39 is 11.6 Å². The SMILES string of the molecule is CC(=O)O.CC1C(=O)NN=C2COc3cc(C4CC4)c(OC4CCC4)cc3N21.CC1C(=O)NN=C2COc3cc(C4CC4)c(OC4CN(C(=O)OC(C)(C)C)C4)cc3N21. The van der Waals surface area contributed by atoms with E-state index in [1.54, 1.807) is 4.90 Å². The van der Waals surface area contributed by atoms with Crippen LogP contribution in [0.2, 0.25) is 0 Å². The van der Waals surface area contributed by atoms with E-state index in [-0.39, 0.29) is 36.1 Å². The summed E-state index contributed by atoms with van der Waals surface area (Å²) in [5.41, 5.74) is 8.66. The highest BCUT2D eigenvalue weighted by Gasteiger charge is 2.41. The highest BCUT2D eigenvalue weighted by Crippen LogP contribution is 2.51. The van der Waals surface area contributed by atoms with Gasteiger partial charge in [0.2, 0.25) is 0 Å². The van der Waals surface area contributed by atoms with Gasteiger partial charge in [-0.3, -0.25) is 14.4 Å². The van der Waals surface area contributed by atoms with Gasteiger partial charge in [0.1, 0.15) is 60.0 Å². The number of anilines is 2. The molecule has 2 aromatic rings. The first-order valence-electron chi connectivity index (χ1n) is 20.6. The van der Waals surface area contributed by atoms with Crippen LogP contribution in [0.3, 0.4) is 0 Å². The van der Waals surface area contributed by atoms with Gasteiger partial charge in [-0.25, -0.2) is 15.6 Å². The predicted octanol–water partition coefficient (Wildman–Crippen LogP) is 5.21. The first-order valence-corrected chi connectivity index (χ1v) is 20.6. The lowest BCUT2D eigenvalue weighted by molar-refractivity contribution is -0.134. The zero-order valence-corrected chi connectivity index (χ0v) is 34.4. The van der Waals surface area contributed by atoms with Gasteiger partial charge < -0.3 is 43.5 Å². The fourth-order valence-electron chi connectivity index (χ4n) is 7.60. The summed E-state index contributed by atoms with van der Waals surface area (Å²) in [5.74, 6) is 4.71. The van der Waals surface area contributed by atoms with Crippen molar-refractivity contribution in [1.29, 1.82) is 0 Å². The minimum Gasteiger partial charge on any atom is -0.490 e. The molecule has 3 saturated carbocycles. The maximum absolute atomic E-state index is 12.2. The van der Waals surface area contributed by atoms with Crippen LogP contribution >= 0.6 is 0 Å². The van der Waals surface area contributed by atoms with Gasteiger partial charge in [-0.1, -0.05) is 0 Å². The number of carbonyl (C=O) groups excluding carboxylic acids is 3. The van der Waals surface area contributed by atoms with Gasteiger partial charge in [0.05, 0.1) is 30.6 Å². The number of ether oxygens (including phenoxy) is 5. The number of carboxylic acids is 1. The number of nitrogens with one attached hydrogen (secondary N) is 2. The number of hydrogen-bond acceptors (Lipinski definition) is 13. The zero-order valence-electron chi connectivity index (χ0n) is 34.4. The number of fused-ring (bicyclic) bond motifs is 6. The van der Waals surface area contributed by atoms with Gasteiger partial charge in [-0.2, -0.15) is 10.2 Å². The van der Waals surface area contributed by atoms with E-state index in [0.29, 0.717) is 50.1 Å². The molecule has 4 fully saturated rings. The Morgan fingerprint density at radius 1 is 0.746 bits per heavy atom. The number of hydrogen-bond donors (Lipinski definition) is 3. The number of carboxylic acid groups (broad SMARTS) is 1. The minimum absolute atomic E-state index is 0.0946. The third-order valence-electron chi connectivity index (χ3n) is 11.3. The summed E-state index contributed by atoms with van der Waals surface area (Å²) >= 11 is 0. The molecule has 59 heavy (non-hydrogen) atoms. The van der Waals surface area contributed by atoms with Crippen molar-refractivity contribution in [2.24, 2.45) is 10.2 Å². The minimum atomic E-state index is -0.833. The molecule has 10 rings (SSSR count). The highest BCUT2D eigenvalue weighted by atomic mass is 16.6. The summed E-state index contributed by atoms with van der Waals surface area (Å²) in [4.78, 5) is 51.0. The molecule has 0 bridgehead atoms. The molecule has 8 aliphatic rings. The molecule has 0 spiro atoms. The van der Waals surface area contributed by atoms with Gasteiger partial charge in [-0.15, -0.1) is 0 Å². The van der Waals surface area contributed by atoms with Crippen LogP contribution in [0.4, 0.5) is 16.2 Å². The van der Waals surface area contributed by atoms with E-state index in [4.69, 9.17) is 33.6 Å². The fraction of sp³-hybridized carbons (Fsp3) is 0.571. The Bertz CT molecular complexity index is 2080. The van der Waals surface area contributed by atoms with Gasteiger partial charge in [-0.05, 0) is 104 Å². The molecule has 3 N–H and O–H groups in total. The third-order valence-corrected chi connectivity index (χ3v) is 11.3. The van der Waals surface area contributed by atoms with Crippen LogP contribution in [0.15, 0.2) is 34.5 Å². The van der Waals surface area contributed by atoms with Crippen molar-refractivity contribution >= 4 is 46.9 Å². The van der Waals surface area contributed by atoms with Crippen molar-refractivity contribution in [1.82, 2.24) is 15.8 Å². The van der Waals surface area contributed by atoms with Crippen LogP contribution in [0.5, 0.6) is 23.0 Å². The molecule has 2 unspecified atom stereocenters. The van der Waals surface area contributed by atoms with Gasteiger partial charge >= 0.3 is 6.09 Å². The second-order valence-corrected chi connectivity index (χ2v) is 17.3. The number of likely N-dealkylation sites (tertiary alicyclic amines) is 1. The maximum atomic E-state index is 12.2. The highest BCUT2D eigenvalue weighted by molar-refractivity contribution is 6.10. The second kappa shape index (κ2) is 15.8. The molecule has 0 aromatic heterocycles. The Balaban J connectivity index is 0.000000154. The van der Waals surface area contributed by atoms with E-state index >= 15 is 0 Å². The van der Waals surface area contributed by atoms with Gasteiger partial charge in [0, 0.05) is 30.2 Å². The van der Waals surface area contributed by atoms with Crippen molar-refractivity contribution in [3.8, 4) is 23.0 Å². The van der Waals surface area contributed by atoms with E-state index in [1.165, 1.54) is 24.8 Å².